The summed E-state index contributed by atoms with van der Waals surface area (Å²) < 4.78 is 0. The van der Waals surface area contributed by atoms with Gasteiger partial charge in [-0.1, -0.05) is 32.3 Å². The Bertz CT molecular complexity index is 1330. The van der Waals surface area contributed by atoms with Gasteiger partial charge in [-0.15, -0.1) is 0 Å². The monoisotopic (exact) mass is 725 g/mol. The molecular formula is C42H68N4O6. The van der Waals surface area contributed by atoms with Crippen LogP contribution in [0.3, 0.4) is 0 Å². The third kappa shape index (κ3) is 10.8. The van der Waals surface area contributed by atoms with Crippen molar-refractivity contribution in [1.29, 1.82) is 0 Å². The van der Waals surface area contributed by atoms with Crippen LogP contribution in [0, 0.1) is 34.5 Å². The molecule has 0 aromatic heterocycles. The van der Waals surface area contributed by atoms with Gasteiger partial charge in [-0.25, -0.2) is 0 Å². The Morgan fingerprint density at radius 1 is 0.635 bits per heavy atom. The molecule has 0 aromatic rings. The zero-order valence-electron chi connectivity index (χ0n) is 32.7. The van der Waals surface area contributed by atoms with Crippen LogP contribution in [-0.2, 0) is 28.8 Å². The minimum absolute atomic E-state index is 0.00145. The molecule has 6 atom stereocenters. The van der Waals surface area contributed by atoms with Crippen LogP contribution in [0.1, 0.15) is 156 Å². The zero-order chi connectivity index (χ0) is 37.7. The number of hydrogen-bond donors (Lipinski definition) is 4. The second kappa shape index (κ2) is 19.9. The van der Waals surface area contributed by atoms with Crippen LogP contribution in [0.5, 0.6) is 0 Å². The predicted molar refractivity (Wildman–Crippen MR) is 203 cm³/mol. The van der Waals surface area contributed by atoms with Crippen LogP contribution < -0.4 is 21.3 Å². The second-order valence-electron chi connectivity index (χ2n) is 16.8. The Kier molecular flexibility index (Phi) is 15.9. The molecule has 0 aliphatic heterocycles. The number of unbranched alkanes of at least 4 members (excludes halogenated alkanes) is 4. The van der Waals surface area contributed by atoms with Crippen molar-refractivity contribution in [3.63, 3.8) is 0 Å². The lowest BCUT2D eigenvalue weighted by molar-refractivity contribution is -0.128. The normalized spacial score (nSPS) is 28.0. The highest BCUT2D eigenvalue weighted by molar-refractivity contribution is 5.97. The predicted octanol–water partition coefficient (Wildman–Crippen LogP) is 6.26. The maximum absolute atomic E-state index is 13.2. The molecule has 4 N–H and O–H groups in total. The van der Waals surface area contributed by atoms with Crippen LogP contribution in [0.4, 0.5) is 0 Å². The number of carbonyl (C=O) groups excluding carboxylic acids is 6. The molecule has 0 bridgehead atoms. The van der Waals surface area contributed by atoms with Crippen molar-refractivity contribution in [2.75, 3.05) is 26.7 Å². The lowest BCUT2D eigenvalue weighted by Gasteiger charge is -2.58. The highest BCUT2D eigenvalue weighted by atomic mass is 16.2. The molecule has 10 heteroatoms. The van der Waals surface area contributed by atoms with E-state index in [0.29, 0.717) is 100 Å². The summed E-state index contributed by atoms with van der Waals surface area (Å²) in [4.78, 5) is 73.6. The number of amides is 4. The Hall–Kier alpha value is -3.04. The highest BCUT2D eigenvalue weighted by Gasteiger charge is 2.60. The molecule has 0 aromatic carbocycles. The van der Waals surface area contributed by atoms with E-state index < -0.39 is 0 Å². The maximum Gasteiger partial charge on any atom is 0.220 e. The number of hydrogen-bond acceptors (Lipinski definition) is 6. The van der Waals surface area contributed by atoms with Gasteiger partial charge in [0.25, 0.3) is 0 Å². The van der Waals surface area contributed by atoms with Crippen molar-refractivity contribution in [2.24, 2.45) is 34.5 Å². The molecule has 3 saturated carbocycles. The van der Waals surface area contributed by atoms with Crippen molar-refractivity contribution in [1.82, 2.24) is 21.3 Å². The van der Waals surface area contributed by atoms with Gasteiger partial charge in [0.2, 0.25) is 23.6 Å². The molecular weight excluding hydrogens is 656 g/mol. The highest BCUT2D eigenvalue weighted by Crippen LogP contribution is 2.67. The fourth-order valence-corrected chi connectivity index (χ4v) is 10.7. The summed E-state index contributed by atoms with van der Waals surface area (Å²) in [6, 6.07) is 0. The minimum Gasteiger partial charge on any atom is -0.359 e. The van der Waals surface area contributed by atoms with Crippen LogP contribution in [0.25, 0.3) is 0 Å². The number of allylic oxidation sites excluding steroid dienone is 1. The van der Waals surface area contributed by atoms with Gasteiger partial charge in [-0.2, -0.15) is 0 Å². The molecule has 4 aliphatic carbocycles. The number of fused-ring (bicyclic) bond motifs is 5. The molecule has 4 aliphatic rings. The third-order valence-electron chi connectivity index (χ3n) is 13.6. The molecule has 0 spiro atoms. The zero-order valence-corrected chi connectivity index (χ0v) is 32.7. The smallest absolute Gasteiger partial charge is 0.220 e. The molecule has 0 saturated heterocycles. The van der Waals surface area contributed by atoms with Crippen molar-refractivity contribution in [3.8, 4) is 0 Å². The lowest BCUT2D eigenvalue weighted by atomic mass is 9.46. The van der Waals surface area contributed by atoms with Crippen LogP contribution in [0.15, 0.2) is 11.1 Å². The third-order valence-corrected chi connectivity index (χ3v) is 13.6. The maximum atomic E-state index is 13.2. The summed E-state index contributed by atoms with van der Waals surface area (Å²) in [5.41, 5.74) is 2.63. The van der Waals surface area contributed by atoms with Crippen molar-refractivity contribution in [3.05, 3.63) is 11.1 Å². The first-order valence-corrected chi connectivity index (χ1v) is 20.7. The molecule has 0 radical (unpaired) electrons. The molecule has 3 fully saturated rings. The summed E-state index contributed by atoms with van der Waals surface area (Å²) >= 11 is 0. The largest absolute Gasteiger partial charge is 0.359 e. The van der Waals surface area contributed by atoms with Crippen molar-refractivity contribution < 1.29 is 28.8 Å². The number of rotatable bonds is 21. The minimum atomic E-state index is -0.0250. The van der Waals surface area contributed by atoms with Crippen LogP contribution >= 0.6 is 0 Å². The molecule has 292 valence electrons. The van der Waals surface area contributed by atoms with Crippen LogP contribution in [-0.4, -0.2) is 61.9 Å². The number of nitrogens with one attached hydrogen (secondary N) is 4. The summed E-state index contributed by atoms with van der Waals surface area (Å²) in [5.74, 6) is 2.78. The molecule has 4 amide bonds. The van der Waals surface area contributed by atoms with Crippen LogP contribution in [0.2, 0.25) is 0 Å². The van der Waals surface area contributed by atoms with E-state index in [-0.39, 0.29) is 40.4 Å². The quantitative estimate of drug-likeness (QED) is 0.103. The van der Waals surface area contributed by atoms with Gasteiger partial charge in [0.15, 0.2) is 5.78 Å². The van der Waals surface area contributed by atoms with E-state index in [1.807, 2.05) is 0 Å². The average molecular weight is 725 g/mol. The standard InChI is InChI=1S/C42H68N4O6/c1-29(47)32-20-21-33-30-18-19-34-31(36(48)23-25-42(34,3)35(30)22-24-41(32,33)2)13-11-16-40(52)45-27-10-5-7-14-38(50)44-26-9-6-8-15-39(51)46-28-12-17-37(49)43-4/h30,32-33,35H,5-28H2,1-4H3,(H,43,49)(H,44,50)(H,45,52)(H,46,51)/t30?,32?,33?,35?,41-,42+/m1/s1. The summed E-state index contributed by atoms with van der Waals surface area (Å²) in [6.07, 6.45) is 16.9. The Labute approximate surface area is 312 Å². The van der Waals surface area contributed by atoms with E-state index >= 15 is 0 Å². The molecule has 52 heavy (non-hydrogen) atoms. The van der Waals surface area contributed by atoms with Gasteiger partial charge < -0.3 is 21.3 Å². The lowest BCUT2D eigenvalue weighted by Crippen LogP contribution is -2.51. The molecule has 4 unspecified atom stereocenters. The van der Waals surface area contributed by atoms with Crippen molar-refractivity contribution >= 4 is 35.2 Å². The molecule has 0 heterocycles. The first kappa shape index (κ1) is 41.7. The van der Waals surface area contributed by atoms with Gasteiger partial charge in [-0.3, -0.25) is 28.8 Å². The second-order valence-corrected chi connectivity index (χ2v) is 16.8. The van der Waals surface area contributed by atoms with Gasteiger partial charge >= 0.3 is 0 Å². The van der Waals surface area contributed by atoms with E-state index in [1.54, 1.807) is 14.0 Å². The first-order valence-electron chi connectivity index (χ1n) is 20.7. The van der Waals surface area contributed by atoms with E-state index in [2.05, 4.69) is 35.1 Å². The van der Waals surface area contributed by atoms with E-state index in [9.17, 15) is 28.8 Å². The van der Waals surface area contributed by atoms with E-state index in [4.69, 9.17) is 0 Å². The molecule has 4 rings (SSSR count). The summed E-state index contributed by atoms with van der Waals surface area (Å²) in [5, 5.41) is 11.4. The summed E-state index contributed by atoms with van der Waals surface area (Å²) in [6.45, 7) is 8.31. The van der Waals surface area contributed by atoms with E-state index in [1.165, 1.54) is 12.0 Å². The van der Waals surface area contributed by atoms with Crippen molar-refractivity contribution in [2.45, 2.75) is 156 Å². The Balaban J connectivity index is 1.05. The Morgan fingerprint density at radius 2 is 1.21 bits per heavy atom. The summed E-state index contributed by atoms with van der Waals surface area (Å²) in [7, 11) is 1.60. The first-order chi connectivity index (χ1) is 24.9. The fourth-order valence-electron chi connectivity index (χ4n) is 10.7. The Morgan fingerprint density at radius 3 is 1.81 bits per heavy atom. The fraction of sp³-hybridized carbons (Fsp3) is 0.810. The van der Waals surface area contributed by atoms with Gasteiger partial charge in [0.1, 0.15) is 5.78 Å². The van der Waals surface area contributed by atoms with Gasteiger partial charge in [0, 0.05) is 64.7 Å². The topological polar surface area (TPSA) is 151 Å². The van der Waals surface area contributed by atoms with E-state index in [0.717, 1.165) is 82.6 Å². The van der Waals surface area contributed by atoms with Gasteiger partial charge in [-0.05, 0) is 131 Å². The SMILES string of the molecule is CNC(=O)CCCNC(=O)CCCCCNC(=O)CCCCCNC(=O)CCCC1=C2CCC3C4CCC(C(C)=O)[C@@]4(C)CCC3[C@@]2(C)CCC1=O. The molecule has 10 nitrogen and oxygen atoms in total. The average Bonchev–Trinajstić information content (AvgIpc) is 3.48. The number of ketones is 2. The van der Waals surface area contributed by atoms with Gasteiger partial charge in [0.05, 0.1) is 0 Å². The number of Topliss-reactive ketones (excluding diaryl/α,β-unsaturated/α-hetero) is 2. The number of carbonyl (C=O) groups is 6.